The summed E-state index contributed by atoms with van der Waals surface area (Å²) in [4.78, 5) is 0. The summed E-state index contributed by atoms with van der Waals surface area (Å²) in [5.74, 6) is 0. The normalized spacial score (nSPS) is 11.5. The lowest BCUT2D eigenvalue weighted by Gasteiger charge is -2.19. The molecule has 0 heterocycles. The van der Waals surface area contributed by atoms with Crippen LogP contribution < -0.4 is 15.6 Å². The Bertz CT molecular complexity index is 1360. The number of rotatable bonds is 3. The Morgan fingerprint density at radius 1 is 0.290 bits per heavy atom. The fourth-order valence-corrected chi connectivity index (χ4v) is 7.18. The van der Waals surface area contributed by atoms with E-state index in [0.717, 1.165) is 0 Å². The molecule has 1 heteroatoms. The van der Waals surface area contributed by atoms with Crippen LogP contribution in [0, 0.1) is 0 Å². The quantitative estimate of drug-likeness (QED) is 0.261. The first-order valence-electron chi connectivity index (χ1n) is 10.7. The van der Waals surface area contributed by atoms with Crippen LogP contribution in [-0.4, -0.2) is 8.80 Å². The zero-order chi connectivity index (χ0) is 20.6. The second-order valence-corrected chi connectivity index (χ2v) is 10.5. The molecule has 0 amide bonds. The van der Waals surface area contributed by atoms with Crippen LogP contribution in [0.4, 0.5) is 0 Å². The van der Waals surface area contributed by atoms with Crippen molar-refractivity contribution in [1.82, 2.24) is 0 Å². The van der Waals surface area contributed by atoms with E-state index >= 15 is 0 Å². The molecule has 0 aliphatic heterocycles. The van der Waals surface area contributed by atoms with Crippen molar-refractivity contribution in [2.75, 3.05) is 0 Å². The molecule has 0 aromatic heterocycles. The second kappa shape index (κ2) is 7.53. The Morgan fingerprint density at radius 3 is 0.903 bits per heavy atom. The summed E-state index contributed by atoms with van der Waals surface area (Å²) >= 11 is 0. The smallest absolute Gasteiger partial charge is 0.0618 e. The van der Waals surface area contributed by atoms with Crippen LogP contribution in [0.5, 0.6) is 0 Å². The Hall–Kier alpha value is -3.68. The van der Waals surface area contributed by atoms with E-state index in [4.69, 9.17) is 0 Å². The molecule has 0 spiro atoms. The lowest BCUT2D eigenvalue weighted by molar-refractivity contribution is 1.74. The van der Waals surface area contributed by atoms with Gasteiger partial charge in [0.05, 0.1) is 0 Å². The molecule has 145 valence electrons. The molecule has 31 heavy (non-hydrogen) atoms. The highest BCUT2D eigenvalue weighted by molar-refractivity contribution is 6.95. The summed E-state index contributed by atoms with van der Waals surface area (Å²) in [6.07, 6.45) is 0. The molecule has 1 radical (unpaired) electrons. The van der Waals surface area contributed by atoms with Gasteiger partial charge in [-0.25, -0.2) is 0 Å². The predicted molar refractivity (Wildman–Crippen MR) is 136 cm³/mol. The number of hydrogen-bond donors (Lipinski definition) is 0. The molecule has 0 aliphatic carbocycles. The number of hydrogen-bond acceptors (Lipinski definition) is 0. The van der Waals surface area contributed by atoms with E-state index in [2.05, 4.69) is 127 Å². The van der Waals surface area contributed by atoms with Gasteiger partial charge in [0.2, 0.25) is 0 Å². The molecule has 6 aromatic rings. The summed E-state index contributed by atoms with van der Waals surface area (Å²) in [7, 11) is -1.15. The van der Waals surface area contributed by atoms with Crippen molar-refractivity contribution in [2.24, 2.45) is 0 Å². The van der Waals surface area contributed by atoms with Crippen molar-refractivity contribution in [2.45, 2.75) is 0 Å². The predicted octanol–water partition coefficient (Wildman–Crippen LogP) is 5.66. The molecule has 0 saturated heterocycles. The lowest BCUT2D eigenvalue weighted by atomic mass is 10.1. The van der Waals surface area contributed by atoms with Gasteiger partial charge < -0.3 is 0 Å². The average molecular weight is 410 g/mol. The van der Waals surface area contributed by atoms with Gasteiger partial charge in [0, 0.05) is 0 Å². The van der Waals surface area contributed by atoms with Crippen molar-refractivity contribution in [3.63, 3.8) is 0 Å². The Morgan fingerprint density at radius 2 is 0.581 bits per heavy atom. The Labute approximate surface area is 184 Å². The summed E-state index contributed by atoms with van der Waals surface area (Å²) in [6.45, 7) is 0. The first-order chi connectivity index (χ1) is 15.3. The minimum absolute atomic E-state index is 1.15. The van der Waals surface area contributed by atoms with Crippen molar-refractivity contribution in [3.8, 4) is 0 Å². The van der Waals surface area contributed by atoms with E-state index in [-0.39, 0.29) is 0 Å². The van der Waals surface area contributed by atoms with E-state index in [1.54, 1.807) is 0 Å². The van der Waals surface area contributed by atoms with E-state index in [1.165, 1.54) is 47.9 Å². The van der Waals surface area contributed by atoms with Gasteiger partial charge in [-0.2, -0.15) is 0 Å². The summed E-state index contributed by atoms with van der Waals surface area (Å²) in [5.41, 5.74) is 0. The fourth-order valence-electron chi connectivity index (χ4n) is 4.53. The second-order valence-electron chi connectivity index (χ2n) is 8.06. The van der Waals surface area contributed by atoms with Crippen molar-refractivity contribution in [3.05, 3.63) is 127 Å². The highest BCUT2D eigenvalue weighted by atomic mass is 28.3. The molecule has 6 aromatic carbocycles. The molecular formula is C30H21Si. The van der Waals surface area contributed by atoms with Gasteiger partial charge in [-0.15, -0.1) is 0 Å². The highest BCUT2D eigenvalue weighted by Gasteiger charge is 2.21. The van der Waals surface area contributed by atoms with Gasteiger partial charge in [-0.1, -0.05) is 127 Å². The first-order valence-corrected chi connectivity index (χ1v) is 12.2. The summed E-state index contributed by atoms with van der Waals surface area (Å²) in [6, 6.07) is 47.0. The van der Waals surface area contributed by atoms with Gasteiger partial charge in [-0.05, 0) is 47.9 Å². The monoisotopic (exact) mass is 409 g/mol. The zero-order valence-electron chi connectivity index (χ0n) is 17.1. The van der Waals surface area contributed by atoms with Gasteiger partial charge in [0.25, 0.3) is 0 Å². The van der Waals surface area contributed by atoms with Crippen LogP contribution in [0.2, 0.25) is 0 Å². The van der Waals surface area contributed by atoms with Crippen LogP contribution in [0.1, 0.15) is 0 Å². The highest BCUT2D eigenvalue weighted by Crippen LogP contribution is 2.16. The maximum absolute atomic E-state index is 2.40. The first kappa shape index (κ1) is 18.1. The molecule has 0 atom stereocenters. The van der Waals surface area contributed by atoms with E-state index in [0.29, 0.717) is 0 Å². The zero-order valence-corrected chi connectivity index (χ0v) is 18.1. The molecule has 0 nitrogen and oxygen atoms in total. The third-order valence-electron chi connectivity index (χ3n) is 6.11. The van der Waals surface area contributed by atoms with E-state index in [9.17, 15) is 0 Å². The van der Waals surface area contributed by atoms with Crippen molar-refractivity contribution >= 4 is 56.7 Å². The van der Waals surface area contributed by atoms with Crippen molar-refractivity contribution < 1.29 is 0 Å². The average Bonchev–Trinajstić information content (AvgIpc) is 2.84. The molecule has 0 bridgehead atoms. The summed E-state index contributed by atoms with van der Waals surface area (Å²) in [5, 5.41) is 12.1. The minimum Gasteiger partial charge on any atom is -0.0618 e. The topological polar surface area (TPSA) is 0 Å². The summed E-state index contributed by atoms with van der Waals surface area (Å²) < 4.78 is 0. The van der Waals surface area contributed by atoms with Gasteiger partial charge in [-0.3, -0.25) is 0 Å². The molecule has 0 N–H and O–H groups in total. The maximum Gasteiger partial charge on any atom is 0.154 e. The minimum atomic E-state index is -1.15. The van der Waals surface area contributed by atoms with Gasteiger partial charge >= 0.3 is 0 Å². The molecule has 6 rings (SSSR count). The molecule has 0 aliphatic rings. The third kappa shape index (κ3) is 3.33. The van der Waals surface area contributed by atoms with Gasteiger partial charge in [0.15, 0.2) is 8.80 Å². The van der Waals surface area contributed by atoms with Crippen molar-refractivity contribution in [1.29, 1.82) is 0 Å². The van der Waals surface area contributed by atoms with Crippen LogP contribution >= 0.6 is 0 Å². The van der Waals surface area contributed by atoms with E-state index in [1.807, 2.05) is 0 Å². The Balaban J connectivity index is 1.59. The SMILES string of the molecule is c1ccc2cc([Si](c3ccc4ccccc4c3)c3ccc4ccccc4c3)ccc2c1. The standard InChI is InChI=1S/C30H21Si/c1-4-10-25-19-28(16-13-22(25)7-1)31(29-17-14-23-8-2-5-11-26(23)20-29)30-18-15-24-9-3-6-12-27(24)21-30/h1-21H. The van der Waals surface area contributed by atoms with Crippen LogP contribution in [0.25, 0.3) is 32.3 Å². The van der Waals surface area contributed by atoms with Crippen LogP contribution in [0.15, 0.2) is 127 Å². The van der Waals surface area contributed by atoms with Crippen LogP contribution in [0.3, 0.4) is 0 Å². The third-order valence-corrected chi connectivity index (χ3v) is 8.78. The molecule has 0 saturated carbocycles. The fraction of sp³-hybridized carbons (Fsp3) is 0. The largest absolute Gasteiger partial charge is 0.154 e. The molecular weight excluding hydrogens is 388 g/mol. The van der Waals surface area contributed by atoms with E-state index < -0.39 is 8.80 Å². The lowest BCUT2D eigenvalue weighted by Crippen LogP contribution is -2.51. The molecule has 0 fully saturated rings. The maximum atomic E-state index is 2.40. The molecule has 0 unspecified atom stereocenters. The van der Waals surface area contributed by atoms with Gasteiger partial charge in [0.1, 0.15) is 0 Å². The number of fused-ring (bicyclic) bond motifs is 3. The van der Waals surface area contributed by atoms with Crippen LogP contribution in [-0.2, 0) is 0 Å². The number of benzene rings is 6. The Kier molecular flexibility index (Phi) is 4.40.